The van der Waals surface area contributed by atoms with Gasteiger partial charge in [-0.05, 0) is 50.5 Å². The number of hydrogen-bond acceptors (Lipinski definition) is 2. The van der Waals surface area contributed by atoms with E-state index in [4.69, 9.17) is 0 Å². The van der Waals surface area contributed by atoms with E-state index < -0.39 is 0 Å². The molecule has 1 heterocycles. The number of nitrogens with zero attached hydrogens (tertiary/aromatic N) is 1. The van der Waals surface area contributed by atoms with Crippen LogP contribution in [0.2, 0.25) is 0 Å². The highest BCUT2D eigenvalue weighted by Gasteiger charge is 2.30. The first-order valence-electron chi connectivity index (χ1n) is 7.95. The summed E-state index contributed by atoms with van der Waals surface area (Å²) in [5.74, 6) is 0.880. The monoisotopic (exact) mass is 254 g/mol. The van der Waals surface area contributed by atoms with Crippen molar-refractivity contribution in [3.8, 4) is 0 Å². The van der Waals surface area contributed by atoms with Crippen molar-refractivity contribution in [1.29, 1.82) is 0 Å². The van der Waals surface area contributed by atoms with Gasteiger partial charge in [0.05, 0.1) is 0 Å². The van der Waals surface area contributed by atoms with E-state index in [1.54, 1.807) is 0 Å². The van der Waals surface area contributed by atoms with E-state index in [-0.39, 0.29) is 0 Å². The van der Waals surface area contributed by atoms with E-state index in [0.717, 1.165) is 25.0 Å². The maximum absolute atomic E-state index is 3.62. The van der Waals surface area contributed by atoms with E-state index in [9.17, 15) is 0 Å². The van der Waals surface area contributed by atoms with Crippen LogP contribution in [0.5, 0.6) is 0 Å². The average molecular weight is 254 g/mol. The summed E-state index contributed by atoms with van der Waals surface area (Å²) in [5, 5.41) is 3.62. The maximum Gasteiger partial charge on any atom is 0.00673 e. The summed E-state index contributed by atoms with van der Waals surface area (Å²) in [6.45, 7) is 16.7. The molecule has 3 unspecified atom stereocenters. The predicted octanol–water partition coefficient (Wildman–Crippen LogP) is 3.52. The molecule has 3 atom stereocenters. The fourth-order valence-corrected chi connectivity index (χ4v) is 2.95. The Morgan fingerprint density at radius 1 is 1.22 bits per heavy atom. The minimum atomic E-state index is 0.431. The maximum atomic E-state index is 3.62. The van der Waals surface area contributed by atoms with Crippen LogP contribution < -0.4 is 5.32 Å². The molecule has 108 valence electrons. The lowest BCUT2D eigenvalue weighted by Gasteiger charge is -2.42. The highest BCUT2D eigenvalue weighted by Crippen LogP contribution is 2.28. The van der Waals surface area contributed by atoms with Crippen molar-refractivity contribution in [3.63, 3.8) is 0 Å². The number of rotatable bonds is 7. The van der Waals surface area contributed by atoms with Gasteiger partial charge in [0.2, 0.25) is 0 Å². The molecule has 0 aromatic carbocycles. The number of hydrogen-bond donors (Lipinski definition) is 1. The summed E-state index contributed by atoms with van der Waals surface area (Å²) in [6, 6.07) is 0.776. The normalized spacial score (nSPS) is 29.2. The van der Waals surface area contributed by atoms with Gasteiger partial charge in [0.25, 0.3) is 0 Å². The Morgan fingerprint density at radius 2 is 1.94 bits per heavy atom. The van der Waals surface area contributed by atoms with Crippen molar-refractivity contribution in [1.82, 2.24) is 10.2 Å². The Hall–Kier alpha value is -0.0800. The van der Waals surface area contributed by atoms with Crippen LogP contribution in [0.1, 0.15) is 60.3 Å². The van der Waals surface area contributed by atoms with Gasteiger partial charge in [-0.15, -0.1) is 0 Å². The summed E-state index contributed by atoms with van der Waals surface area (Å²) in [7, 11) is 0. The highest BCUT2D eigenvalue weighted by molar-refractivity contribution is 4.85. The molecule has 2 nitrogen and oxygen atoms in total. The number of likely N-dealkylation sites (tertiary alicyclic amines) is 1. The molecule has 0 aromatic heterocycles. The molecule has 0 saturated carbocycles. The van der Waals surface area contributed by atoms with Crippen LogP contribution in [0.25, 0.3) is 0 Å². The molecule has 0 radical (unpaired) electrons. The molecule has 2 heteroatoms. The van der Waals surface area contributed by atoms with E-state index in [1.807, 2.05) is 0 Å². The van der Waals surface area contributed by atoms with Crippen molar-refractivity contribution in [3.05, 3.63) is 0 Å². The van der Waals surface area contributed by atoms with Crippen LogP contribution in [0, 0.1) is 11.3 Å². The van der Waals surface area contributed by atoms with Gasteiger partial charge < -0.3 is 5.32 Å². The lowest BCUT2D eigenvalue weighted by Crippen LogP contribution is -2.49. The van der Waals surface area contributed by atoms with Crippen molar-refractivity contribution in [2.75, 3.05) is 26.2 Å². The number of nitrogens with one attached hydrogen (secondary N) is 1. The minimum Gasteiger partial charge on any atom is -0.316 e. The quantitative estimate of drug-likeness (QED) is 0.699. The Balaban J connectivity index is 2.49. The van der Waals surface area contributed by atoms with E-state index in [0.29, 0.717) is 5.41 Å². The SMILES string of the molecule is CCCNCC(C)(CC)CN1CC(C)CCC1C. The molecule has 0 aliphatic carbocycles. The molecule has 0 spiro atoms. The molecule has 18 heavy (non-hydrogen) atoms. The van der Waals surface area contributed by atoms with Gasteiger partial charge in [-0.3, -0.25) is 4.90 Å². The van der Waals surface area contributed by atoms with E-state index in [2.05, 4.69) is 44.8 Å². The Bertz CT molecular complexity index is 229. The Kier molecular flexibility index (Phi) is 6.65. The zero-order chi connectivity index (χ0) is 13.6. The second-order valence-corrected chi connectivity index (χ2v) is 6.80. The van der Waals surface area contributed by atoms with E-state index in [1.165, 1.54) is 38.8 Å². The molecule has 0 bridgehead atoms. The van der Waals surface area contributed by atoms with Gasteiger partial charge in [0.15, 0.2) is 0 Å². The molecule has 1 N–H and O–H groups in total. The van der Waals surface area contributed by atoms with Gasteiger partial charge in [0.1, 0.15) is 0 Å². The summed E-state index contributed by atoms with van der Waals surface area (Å²) >= 11 is 0. The minimum absolute atomic E-state index is 0.431. The summed E-state index contributed by atoms with van der Waals surface area (Å²) < 4.78 is 0. The highest BCUT2D eigenvalue weighted by atomic mass is 15.2. The van der Waals surface area contributed by atoms with Crippen molar-refractivity contribution in [2.45, 2.75) is 66.3 Å². The first-order chi connectivity index (χ1) is 8.50. The molecule has 1 saturated heterocycles. The first kappa shape index (κ1) is 16.0. The Labute approximate surface area is 115 Å². The van der Waals surface area contributed by atoms with E-state index >= 15 is 0 Å². The molecule has 1 aliphatic rings. The Morgan fingerprint density at radius 3 is 2.56 bits per heavy atom. The van der Waals surface area contributed by atoms with Crippen LogP contribution in [-0.2, 0) is 0 Å². The molecule has 1 fully saturated rings. The first-order valence-corrected chi connectivity index (χ1v) is 7.95. The number of piperidine rings is 1. The van der Waals surface area contributed by atoms with Gasteiger partial charge >= 0.3 is 0 Å². The topological polar surface area (TPSA) is 15.3 Å². The molecule has 1 rings (SSSR count). The summed E-state index contributed by atoms with van der Waals surface area (Å²) in [6.07, 6.45) is 5.29. The lowest BCUT2D eigenvalue weighted by atomic mass is 9.84. The smallest absolute Gasteiger partial charge is 0.00673 e. The van der Waals surface area contributed by atoms with Gasteiger partial charge in [-0.1, -0.05) is 27.7 Å². The predicted molar refractivity (Wildman–Crippen MR) is 81.0 cm³/mol. The van der Waals surface area contributed by atoms with Gasteiger partial charge in [0, 0.05) is 25.7 Å². The van der Waals surface area contributed by atoms with Crippen molar-refractivity contribution < 1.29 is 0 Å². The van der Waals surface area contributed by atoms with Crippen LogP contribution in [0.4, 0.5) is 0 Å². The molecule has 0 aromatic rings. The van der Waals surface area contributed by atoms with Gasteiger partial charge in [-0.2, -0.15) is 0 Å². The fourth-order valence-electron chi connectivity index (χ4n) is 2.95. The zero-order valence-electron chi connectivity index (χ0n) is 13.3. The average Bonchev–Trinajstić information content (AvgIpc) is 2.34. The van der Waals surface area contributed by atoms with Crippen LogP contribution in [-0.4, -0.2) is 37.1 Å². The molecule has 0 amide bonds. The second kappa shape index (κ2) is 7.49. The molecular formula is C16H34N2. The third-order valence-corrected chi connectivity index (χ3v) is 4.66. The molecule has 1 aliphatic heterocycles. The third kappa shape index (κ3) is 4.89. The fraction of sp³-hybridized carbons (Fsp3) is 1.00. The molecular weight excluding hydrogens is 220 g/mol. The van der Waals surface area contributed by atoms with Crippen molar-refractivity contribution >= 4 is 0 Å². The van der Waals surface area contributed by atoms with Gasteiger partial charge in [-0.25, -0.2) is 0 Å². The van der Waals surface area contributed by atoms with Crippen LogP contribution in [0.15, 0.2) is 0 Å². The van der Waals surface area contributed by atoms with Crippen LogP contribution >= 0.6 is 0 Å². The van der Waals surface area contributed by atoms with Crippen LogP contribution in [0.3, 0.4) is 0 Å². The van der Waals surface area contributed by atoms with Crippen molar-refractivity contribution in [2.24, 2.45) is 11.3 Å². The third-order valence-electron chi connectivity index (χ3n) is 4.66. The standard InChI is InChI=1S/C16H34N2/c1-6-10-17-12-16(5,7-2)13-18-11-14(3)8-9-15(18)4/h14-15,17H,6-13H2,1-5H3. The largest absolute Gasteiger partial charge is 0.316 e. The zero-order valence-corrected chi connectivity index (χ0v) is 13.3. The summed E-state index contributed by atoms with van der Waals surface area (Å²) in [5.41, 5.74) is 0.431. The lowest BCUT2D eigenvalue weighted by molar-refractivity contribution is 0.0709. The second-order valence-electron chi connectivity index (χ2n) is 6.80. The summed E-state index contributed by atoms with van der Waals surface area (Å²) in [4.78, 5) is 2.73.